The molecule has 0 fully saturated rings. The lowest BCUT2D eigenvalue weighted by Gasteiger charge is -2.22. The van der Waals surface area contributed by atoms with Crippen molar-refractivity contribution in [2.45, 2.75) is 18.7 Å². The number of nitrogens with zero attached hydrogens (tertiary/aromatic N) is 6. The van der Waals surface area contributed by atoms with Crippen molar-refractivity contribution in [2.24, 2.45) is 7.05 Å². The highest BCUT2D eigenvalue weighted by Crippen LogP contribution is 2.34. The van der Waals surface area contributed by atoms with Gasteiger partial charge in [-0.3, -0.25) is 14.2 Å². The lowest BCUT2D eigenvalue weighted by molar-refractivity contribution is 0.0953. The number of ether oxygens (including phenoxy) is 1. The Morgan fingerprint density at radius 1 is 1.15 bits per heavy atom. The van der Waals surface area contributed by atoms with Gasteiger partial charge in [0.1, 0.15) is 34.9 Å². The van der Waals surface area contributed by atoms with E-state index in [1.165, 1.54) is 6.20 Å². The largest absolute Gasteiger partial charge is 0.491 e. The van der Waals surface area contributed by atoms with Crippen LogP contribution in [0.4, 0.5) is 23.1 Å². The first-order valence-electron chi connectivity index (χ1n) is 10.9. The van der Waals surface area contributed by atoms with Gasteiger partial charge in [0.2, 0.25) is 0 Å². The van der Waals surface area contributed by atoms with Crippen LogP contribution >= 0.6 is 0 Å². The summed E-state index contributed by atoms with van der Waals surface area (Å²) >= 11 is 0. The van der Waals surface area contributed by atoms with E-state index in [0.717, 1.165) is 10.9 Å². The third-order valence-electron chi connectivity index (χ3n) is 4.99. The van der Waals surface area contributed by atoms with Crippen LogP contribution in [0, 0.1) is 0 Å². The van der Waals surface area contributed by atoms with Gasteiger partial charge in [-0.15, -0.1) is 0 Å². The molecule has 4 aromatic rings. The second-order valence-electron chi connectivity index (χ2n) is 8.85. The van der Waals surface area contributed by atoms with Gasteiger partial charge in [-0.05, 0) is 12.2 Å². The van der Waals surface area contributed by atoms with E-state index in [1.807, 2.05) is 54.5 Å². The minimum absolute atomic E-state index is 0.259. The molecule has 0 unspecified atom stereocenters. The smallest absolute Gasteiger partial charge is 0.253 e. The number of carbonyl (C=O) groups excluding carboxylic acids is 1. The molecule has 3 N–H and O–H groups in total. The maximum atomic E-state index is 13.1. The third kappa shape index (κ3) is 4.85. The number of carbonyl (C=O) groups is 1. The average molecular weight is 457 g/mol. The maximum absolute atomic E-state index is 13.1. The highest BCUT2D eigenvalue weighted by molar-refractivity contribution is 6.60. The number of nitrogens with one attached hydrogen (secondary N) is 3. The van der Waals surface area contributed by atoms with Gasteiger partial charge < -0.3 is 20.7 Å². The van der Waals surface area contributed by atoms with Crippen LogP contribution in [0.25, 0.3) is 10.9 Å². The number of hydrogen-bond donors (Lipinski definition) is 3. The van der Waals surface area contributed by atoms with Crippen molar-refractivity contribution in [1.82, 2.24) is 34.8 Å². The monoisotopic (exact) mass is 457 g/mol. The number of pyridine rings is 2. The van der Waals surface area contributed by atoms with E-state index in [2.05, 4.69) is 36.1 Å². The predicted octanol–water partition coefficient (Wildman–Crippen LogP) is -0.684. The number of aromatic nitrogens is 6. The quantitative estimate of drug-likeness (QED) is 0.298. The Morgan fingerprint density at radius 2 is 1.94 bits per heavy atom. The maximum Gasteiger partial charge on any atom is 0.253 e. The third-order valence-corrected chi connectivity index (χ3v) is 4.99. The molecule has 4 rings (SSSR count). The Hall–Kier alpha value is -3.96. The Morgan fingerprint density at radius 3 is 2.59 bits per heavy atom. The highest BCUT2D eigenvalue weighted by Gasteiger charge is 2.22. The molecule has 4 aromatic heterocycles. The molecular weight excluding hydrogens is 431 g/mol. The van der Waals surface area contributed by atoms with Crippen LogP contribution < -0.4 is 20.7 Å². The van der Waals surface area contributed by atoms with E-state index < -0.39 is 5.24 Å². The van der Waals surface area contributed by atoms with Gasteiger partial charge in [-0.25, -0.2) is 9.97 Å². The Labute approximate surface area is 199 Å². The zero-order valence-electron chi connectivity index (χ0n) is 20.2. The molecule has 4 heterocycles. The summed E-state index contributed by atoms with van der Waals surface area (Å²) < 4.78 is 9.24. The zero-order chi connectivity index (χ0) is 24.5. The molecule has 0 spiro atoms. The summed E-state index contributed by atoms with van der Waals surface area (Å²) in [4.78, 5) is 22.0. The fourth-order valence-corrected chi connectivity index (χ4v) is 3.53. The molecule has 1 amide bonds. The normalized spacial score (nSPS) is 11.4. The molecule has 11 nitrogen and oxygen atoms in total. The van der Waals surface area contributed by atoms with E-state index >= 15 is 0 Å². The first-order valence-corrected chi connectivity index (χ1v) is 10.9. The summed E-state index contributed by atoms with van der Waals surface area (Å²) in [7, 11) is 9.19. The van der Waals surface area contributed by atoms with E-state index in [0.29, 0.717) is 41.0 Å². The molecule has 34 heavy (non-hydrogen) atoms. The molecule has 0 aromatic carbocycles. The Balaban J connectivity index is 1.77. The van der Waals surface area contributed by atoms with Gasteiger partial charge in [0.05, 0.1) is 24.6 Å². The van der Waals surface area contributed by atoms with Crippen LogP contribution in [0.1, 0.15) is 17.3 Å². The second-order valence-corrected chi connectivity index (χ2v) is 8.85. The van der Waals surface area contributed by atoms with Gasteiger partial charge >= 0.3 is 0 Å². The predicted molar refractivity (Wildman–Crippen MR) is 140 cm³/mol. The van der Waals surface area contributed by atoms with E-state index in [4.69, 9.17) is 4.74 Å². The molecule has 0 aliphatic rings. The van der Waals surface area contributed by atoms with Crippen LogP contribution in [0.3, 0.4) is 0 Å². The number of amides is 1. The molecule has 172 valence electrons. The number of rotatable bonds is 8. The van der Waals surface area contributed by atoms with Crippen molar-refractivity contribution in [3.63, 3.8) is 0 Å². The average Bonchev–Trinajstić information content (AvgIpc) is 3.38. The fraction of sp³-hybridized carbons (Fsp3) is 0.250. The lowest BCUT2D eigenvalue weighted by atomic mass is 9.49. The van der Waals surface area contributed by atoms with Crippen LogP contribution in [0.5, 0.6) is 5.75 Å². The first kappa shape index (κ1) is 23.2. The Kier molecular flexibility index (Phi) is 6.23. The van der Waals surface area contributed by atoms with Gasteiger partial charge in [-0.1, -0.05) is 0 Å². The number of hydrogen-bond acceptors (Lipinski definition) is 8. The molecule has 0 aliphatic carbocycles. The molecule has 0 bridgehead atoms. The fourth-order valence-electron chi connectivity index (χ4n) is 3.53. The molecule has 0 aliphatic heterocycles. The van der Waals surface area contributed by atoms with E-state index in [-0.39, 0.29) is 5.91 Å². The second kappa shape index (κ2) is 9.12. The molecule has 14 heteroatoms. The number of fused-ring (bicyclic) bond motifs is 1. The zero-order valence-corrected chi connectivity index (χ0v) is 20.2. The number of anilines is 4. The van der Waals surface area contributed by atoms with Gasteiger partial charge in [0, 0.05) is 49.7 Å². The molecule has 0 atom stereocenters. The summed E-state index contributed by atoms with van der Waals surface area (Å²) in [5.74, 6) is 1.90. The van der Waals surface area contributed by atoms with Gasteiger partial charge in [0.25, 0.3) is 5.91 Å². The van der Waals surface area contributed by atoms with Gasteiger partial charge in [-0.2, -0.15) is 10.2 Å². The number of aryl methyl sites for hydroxylation is 2. The van der Waals surface area contributed by atoms with Gasteiger partial charge in [0.15, 0.2) is 17.4 Å². The SMILES string of the molecule is BC(B)(B)NC(=O)c1cnc(Nc2ccn(C)n2)cc1Nc1ncc2cnn(CC)c2c1OC. The molecule has 0 saturated heterocycles. The Bertz CT molecular complexity index is 1350. The summed E-state index contributed by atoms with van der Waals surface area (Å²) in [5, 5.41) is 18.6. The van der Waals surface area contributed by atoms with Crippen LogP contribution in [0.2, 0.25) is 0 Å². The van der Waals surface area contributed by atoms with Crippen LogP contribution in [0.15, 0.2) is 36.9 Å². The minimum Gasteiger partial charge on any atom is -0.491 e. The molecule has 0 saturated carbocycles. The first-order chi connectivity index (χ1) is 16.2. The van der Waals surface area contributed by atoms with Crippen molar-refractivity contribution in [2.75, 3.05) is 17.7 Å². The van der Waals surface area contributed by atoms with E-state index in [9.17, 15) is 4.79 Å². The summed E-state index contributed by atoms with van der Waals surface area (Å²) in [6.07, 6.45) is 6.83. The summed E-state index contributed by atoms with van der Waals surface area (Å²) in [5.41, 5.74) is 1.71. The summed E-state index contributed by atoms with van der Waals surface area (Å²) in [6.45, 7) is 2.68. The number of methoxy groups -OCH3 is 1. The lowest BCUT2D eigenvalue weighted by Crippen LogP contribution is -2.50. The summed E-state index contributed by atoms with van der Waals surface area (Å²) in [6, 6.07) is 3.58. The van der Waals surface area contributed by atoms with E-state index in [1.54, 1.807) is 30.3 Å². The highest BCUT2D eigenvalue weighted by atomic mass is 16.5. The van der Waals surface area contributed by atoms with Crippen LogP contribution in [-0.4, -0.2) is 71.3 Å². The standard InChI is InChI=1S/C20H26B3N9O2/c1-4-32-16-11(9-26-32)8-25-18(17(16)34-3)27-13-7-15(28-14-5-6-31(2)30-14)24-10-12(13)19(33)29-20(21,22)23/h5-10H,4,21-23H2,1-3H3,(H,29,33)(H2,24,25,27,28,30). The molecular formula is C20H26B3N9O2. The topological polar surface area (TPSA) is 124 Å². The van der Waals surface area contributed by atoms with Crippen molar-refractivity contribution in [1.29, 1.82) is 0 Å². The molecule has 0 radical (unpaired) electrons. The minimum atomic E-state index is -0.415. The van der Waals surface area contributed by atoms with Crippen LogP contribution in [-0.2, 0) is 13.6 Å². The van der Waals surface area contributed by atoms with Crippen molar-refractivity contribution >= 4 is 63.5 Å². The van der Waals surface area contributed by atoms with Crippen molar-refractivity contribution in [3.8, 4) is 5.75 Å². The van der Waals surface area contributed by atoms with Crippen molar-refractivity contribution in [3.05, 3.63) is 42.5 Å². The van der Waals surface area contributed by atoms with Crippen molar-refractivity contribution < 1.29 is 9.53 Å².